The Balaban J connectivity index is 1.20. The Morgan fingerprint density at radius 3 is 2.15 bits per heavy atom. The number of hydrogen-bond acceptors (Lipinski definition) is 3. The van der Waals surface area contributed by atoms with Gasteiger partial charge in [-0.25, -0.2) is 4.79 Å². The van der Waals surface area contributed by atoms with Crippen LogP contribution >= 0.6 is 0 Å². The average Bonchev–Trinajstić information content (AvgIpc) is 3.30. The van der Waals surface area contributed by atoms with E-state index in [0.29, 0.717) is 17.4 Å². The number of ether oxygens (including phenoxy) is 2. The minimum Gasteiger partial charge on any atom is -0.434 e. The molecule has 3 nitrogen and oxygen atoms in total. The van der Waals surface area contributed by atoms with Crippen LogP contribution in [0.2, 0.25) is 0 Å². The van der Waals surface area contributed by atoms with E-state index < -0.39 is 6.16 Å². The molecule has 0 aromatic rings. The maximum absolute atomic E-state index is 12.5. The van der Waals surface area contributed by atoms with Gasteiger partial charge >= 0.3 is 6.16 Å². The minimum atomic E-state index is -0.438. The Bertz CT molecular complexity index is 818. The molecular weight excluding hydrogens is 504 g/mol. The van der Waals surface area contributed by atoms with Crippen molar-refractivity contribution in [3.8, 4) is 0 Å². The Labute approximate surface area is 254 Å². The van der Waals surface area contributed by atoms with Crippen molar-refractivity contribution in [1.82, 2.24) is 0 Å². The molecule has 0 N–H and O–H groups in total. The first-order chi connectivity index (χ1) is 19.9. The van der Waals surface area contributed by atoms with Crippen LogP contribution in [0.5, 0.6) is 0 Å². The second-order valence-electron chi connectivity index (χ2n) is 15.2. The summed E-state index contributed by atoms with van der Waals surface area (Å²) in [7, 11) is 0. The smallest absolute Gasteiger partial charge is 0.434 e. The van der Waals surface area contributed by atoms with Gasteiger partial charge in [0.2, 0.25) is 0 Å². The van der Waals surface area contributed by atoms with Crippen molar-refractivity contribution in [2.45, 2.75) is 181 Å². The molecule has 4 rings (SSSR count). The zero-order valence-electron chi connectivity index (χ0n) is 27.7. The molecule has 0 aliphatic heterocycles. The van der Waals surface area contributed by atoms with E-state index in [0.717, 1.165) is 49.4 Å². The highest BCUT2D eigenvalue weighted by Crippen LogP contribution is 2.66. The summed E-state index contributed by atoms with van der Waals surface area (Å²) in [5, 5.41) is 0. The van der Waals surface area contributed by atoms with Gasteiger partial charge in [0.05, 0.1) is 6.61 Å². The third kappa shape index (κ3) is 8.35. The lowest BCUT2D eigenvalue weighted by molar-refractivity contribution is -0.0563. The van der Waals surface area contributed by atoms with Gasteiger partial charge in [-0.15, -0.1) is 0 Å². The first-order valence-corrected chi connectivity index (χ1v) is 18.4. The van der Waals surface area contributed by atoms with Crippen molar-refractivity contribution >= 4 is 6.16 Å². The SMILES string of the molecule is CCCCCCCCCCOC(=O)O[C@H]1CC[C@@]2(C)C(=CC[C@H]3[C@@H]4CC[C@@H](CCCCCCCC)[C@@]4(C)CC[C@@H]32)C1. The molecule has 4 aliphatic carbocycles. The molecule has 3 heteroatoms. The molecular formula is C38H66O3. The number of carbonyl (C=O) groups excluding carboxylic acids is 1. The highest BCUT2D eigenvalue weighted by Gasteiger charge is 2.58. The molecule has 0 aromatic carbocycles. The molecule has 0 bridgehead atoms. The van der Waals surface area contributed by atoms with Crippen LogP contribution in [0.25, 0.3) is 0 Å². The monoisotopic (exact) mass is 571 g/mol. The molecule has 0 aromatic heterocycles. The van der Waals surface area contributed by atoms with Gasteiger partial charge in [-0.1, -0.05) is 123 Å². The fourth-order valence-electron chi connectivity index (χ4n) is 10.0. The van der Waals surface area contributed by atoms with Crippen LogP contribution in [-0.4, -0.2) is 18.9 Å². The van der Waals surface area contributed by atoms with Crippen LogP contribution in [0, 0.1) is 34.5 Å². The van der Waals surface area contributed by atoms with E-state index in [4.69, 9.17) is 9.47 Å². The summed E-state index contributed by atoms with van der Waals surface area (Å²) in [5.41, 5.74) is 2.48. The van der Waals surface area contributed by atoms with E-state index in [9.17, 15) is 4.79 Å². The van der Waals surface area contributed by atoms with E-state index in [2.05, 4.69) is 33.8 Å². The summed E-state index contributed by atoms with van der Waals surface area (Å²) in [6, 6.07) is 0. The second-order valence-corrected chi connectivity index (χ2v) is 15.2. The number of carbonyl (C=O) groups is 1. The zero-order chi connectivity index (χ0) is 29.1. The second kappa shape index (κ2) is 16.2. The van der Waals surface area contributed by atoms with E-state index in [1.54, 1.807) is 5.57 Å². The van der Waals surface area contributed by atoms with Gasteiger partial charge in [-0.05, 0) is 92.3 Å². The van der Waals surface area contributed by atoms with Crippen LogP contribution in [0.15, 0.2) is 11.6 Å². The van der Waals surface area contributed by atoms with Gasteiger partial charge in [-0.2, -0.15) is 0 Å². The first kappa shape index (κ1) is 32.9. The lowest BCUT2D eigenvalue weighted by atomic mass is 9.47. The summed E-state index contributed by atoms with van der Waals surface area (Å²) in [6.07, 6.45) is 32.3. The Morgan fingerprint density at radius 1 is 0.780 bits per heavy atom. The largest absolute Gasteiger partial charge is 0.508 e. The Morgan fingerprint density at radius 2 is 1.44 bits per heavy atom. The topological polar surface area (TPSA) is 35.5 Å². The predicted molar refractivity (Wildman–Crippen MR) is 172 cm³/mol. The molecule has 0 heterocycles. The maximum Gasteiger partial charge on any atom is 0.508 e. The first-order valence-electron chi connectivity index (χ1n) is 18.4. The molecule has 0 spiro atoms. The normalized spacial score (nSPS) is 34.3. The lowest BCUT2D eigenvalue weighted by Crippen LogP contribution is -2.50. The maximum atomic E-state index is 12.5. The summed E-state index contributed by atoms with van der Waals surface area (Å²) in [5.74, 6) is 3.56. The average molecular weight is 571 g/mol. The van der Waals surface area contributed by atoms with Crippen molar-refractivity contribution < 1.29 is 14.3 Å². The summed E-state index contributed by atoms with van der Waals surface area (Å²) < 4.78 is 11.3. The molecule has 0 saturated heterocycles. The fourth-order valence-corrected chi connectivity index (χ4v) is 10.0. The van der Waals surface area contributed by atoms with Crippen molar-refractivity contribution in [2.24, 2.45) is 34.5 Å². The van der Waals surface area contributed by atoms with Gasteiger partial charge < -0.3 is 9.47 Å². The molecule has 41 heavy (non-hydrogen) atoms. The number of fused-ring (bicyclic) bond motifs is 5. The molecule has 3 fully saturated rings. The quantitative estimate of drug-likeness (QED) is 0.0991. The number of unbranched alkanes of at least 4 members (excludes halogenated alkanes) is 12. The van der Waals surface area contributed by atoms with Gasteiger partial charge in [0.15, 0.2) is 0 Å². The van der Waals surface area contributed by atoms with Gasteiger partial charge in [-0.3, -0.25) is 0 Å². The number of allylic oxidation sites excluding steroid dienone is 1. The molecule has 0 unspecified atom stereocenters. The van der Waals surface area contributed by atoms with Crippen molar-refractivity contribution in [2.75, 3.05) is 6.61 Å². The Kier molecular flexibility index (Phi) is 13.0. The third-order valence-electron chi connectivity index (χ3n) is 12.6. The van der Waals surface area contributed by atoms with Crippen LogP contribution in [-0.2, 0) is 9.47 Å². The van der Waals surface area contributed by atoms with E-state index in [-0.39, 0.29) is 6.10 Å². The van der Waals surface area contributed by atoms with E-state index in [1.165, 1.54) is 122 Å². The van der Waals surface area contributed by atoms with Crippen LogP contribution < -0.4 is 0 Å². The van der Waals surface area contributed by atoms with Crippen LogP contribution in [0.4, 0.5) is 4.79 Å². The van der Waals surface area contributed by atoms with E-state index in [1.807, 2.05) is 0 Å². The highest BCUT2D eigenvalue weighted by molar-refractivity contribution is 5.60. The fraction of sp³-hybridized carbons (Fsp3) is 0.921. The van der Waals surface area contributed by atoms with Crippen molar-refractivity contribution in [3.05, 3.63) is 11.6 Å². The summed E-state index contributed by atoms with van der Waals surface area (Å²) in [4.78, 5) is 12.5. The van der Waals surface area contributed by atoms with Gasteiger partial charge in [0, 0.05) is 6.42 Å². The van der Waals surface area contributed by atoms with E-state index >= 15 is 0 Å². The molecule has 236 valence electrons. The highest BCUT2D eigenvalue weighted by atomic mass is 16.7. The zero-order valence-corrected chi connectivity index (χ0v) is 27.7. The van der Waals surface area contributed by atoms with Crippen LogP contribution in [0.1, 0.15) is 175 Å². The van der Waals surface area contributed by atoms with Crippen LogP contribution in [0.3, 0.4) is 0 Å². The third-order valence-corrected chi connectivity index (χ3v) is 12.6. The molecule has 3 saturated carbocycles. The molecule has 7 atom stereocenters. The van der Waals surface area contributed by atoms with Gasteiger partial charge in [0.1, 0.15) is 6.10 Å². The number of hydrogen-bond donors (Lipinski definition) is 0. The number of rotatable bonds is 17. The molecule has 0 amide bonds. The summed E-state index contributed by atoms with van der Waals surface area (Å²) >= 11 is 0. The lowest BCUT2D eigenvalue weighted by Gasteiger charge is -2.58. The van der Waals surface area contributed by atoms with Crippen molar-refractivity contribution in [3.63, 3.8) is 0 Å². The van der Waals surface area contributed by atoms with Crippen molar-refractivity contribution in [1.29, 1.82) is 0 Å². The molecule has 0 radical (unpaired) electrons. The Hall–Kier alpha value is -0.990. The predicted octanol–water partition coefficient (Wildman–Crippen LogP) is 12.0. The van der Waals surface area contributed by atoms with Gasteiger partial charge in [0.25, 0.3) is 0 Å². The minimum absolute atomic E-state index is 0.000940. The molecule has 4 aliphatic rings. The standard InChI is InChI=1S/C38H66O3/c1-5-7-9-11-13-14-16-18-28-40-36(39)41-32-24-26-38(4)31(29-32)20-22-33-34-23-21-30(19-17-15-12-10-8-6-2)37(34,3)27-25-35(33)38/h20,30,32-35H,5-19,21-29H2,1-4H3/t30-,32+,33+,34+,35+,37-,38+/m1/s1. The summed E-state index contributed by atoms with van der Waals surface area (Å²) in [6.45, 7) is 10.3.